The third-order valence-electron chi connectivity index (χ3n) is 3.15. The molecule has 0 spiro atoms. The van der Waals surface area contributed by atoms with Crippen LogP contribution in [0.25, 0.3) is 0 Å². The summed E-state index contributed by atoms with van der Waals surface area (Å²) in [6.07, 6.45) is 3.06. The molecule has 0 bridgehead atoms. The number of benzene rings is 1. The standard InChI is InChI=1S/C15H21N3O/c1-3-8-16-9-14-10-17-12(2)18(14)11-13-4-6-15(19)7-5-13/h4-7,10,16,19H,3,8-9,11H2,1-2H3. The number of aromatic hydroxyl groups is 1. The van der Waals surface area contributed by atoms with Gasteiger partial charge in [0.2, 0.25) is 0 Å². The van der Waals surface area contributed by atoms with Crippen LogP contribution >= 0.6 is 0 Å². The van der Waals surface area contributed by atoms with Crippen LogP contribution in [0.5, 0.6) is 5.75 Å². The fourth-order valence-electron chi connectivity index (χ4n) is 2.05. The van der Waals surface area contributed by atoms with Crippen molar-refractivity contribution in [2.45, 2.75) is 33.4 Å². The van der Waals surface area contributed by atoms with Gasteiger partial charge >= 0.3 is 0 Å². The maximum atomic E-state index is 9.31. The molecule has 4 heteroatoms. The van der Waals surface area contributed by atoms with Crippen molar-refractivity contribution in [1.82, 2.24) is 14.9 Å². The van der Waals surface area contributed by atoms with Gasteiger partial charge < -0.3 is 15.0 Å². The molecular formula is C15H21N3O. The Balaban J connectivity index is 2.10. The van der Waals surface area contributed by atoms with Gasteiger partial charge in [-0.25, -0.2) is 4.98 Å². The van der Waals surface area contributed by atoms with Gasteiger partial charge in [-0.15, -0.1) is 0 Å². The summed E-state index contributed by atoms with van der Waals surface area (Å²) in [4.78, 5) is 4.38. The molecule has 0 unspecified atom stereocenters. The number of hydrogen-bond donors (Lipinski definition) is 2. The molecule has 0 aliphatic carbocycles. The van der Waals surface area contributed by atoms with E-state index in [-0.39, 0.29) is 0 Å². The van der Waals surface area contributed by atoms with E-state index in [9.17, 15) is 5.11 Å². The first-order valence-corrected chi connectivity index (χ1v) is 6.70. The van der Waals surface area contributed by atoms with E-state index in [1.165, 1.54) is 5.69 Å². The second-order valence-electron chi connectivity index (χ2n) is 4.73. The molecule has 1 heterocycles. The Labute approximate surface area is 114 Å². The van der Waals surface area contributed by atoms with Crippen molar-refractivity contribution in [3.05, 3.63) is 47.5 Å². The van der Waals surface area contributed by atoms with Crippen LogP contribution in [0.4, 0.5) is 0 Å². The zero-order chi connectivity index (χ0) is 13.7. The Bertz CT molecular complexity index is 517. The highest BCUT2D eigenvalue weighted by atomic mass is 16.3. The zero-order valence-electron chi connectivity index (χ0n) is 11.6. The van der Waals surface area contributed by atoms with Crippen LogP contribution in [0.1, 0.15) is 30.4 Å². The molecule has 0 saturated carbocycles. The van der Waals surface area contributed by atoms with Crippen LogP contribution in [0.3, 0.4) is 0 Å². The lowest BCUT2D eigenvalue weighted by Gasteiger charge is -2.11. The molecule has 19 heavy (non-hydrogen) atoms. The highest BCUT2D eigenvalue weighted by Crippen LogP contribution is 2.13. The molecule has 0 radical (unpaired) electrons. The molecule has 102 valence electrons. The van der Waals surface area contributed by atoms with Crippen LogP contribution in [-0.4, -0.2) is 21.2 Å². The fraction of sp³-hybridized carbons (Fsp3) is 0.400. The van der Waals surface area contributed by atoms with Crippen LogP contribution in [0.15, 0.2) is 30.5 Å². The molecule has 4 nitrogen and oxygen atoms in total. The molecule has 0 aliphatic rings. The number of aromatic nitrogens is 2. The van der Waals surface area contributed by atoms with Crippen molar-refractivity contribution < 1.29 is 5.11 Å². The minimum Gasteiger partial charge on any atom is -0.508 e. The first-order valence-electron chi connectivity index (χ1n) is 6.70. The summed E-state index contributed by atoms with van der Waals surface area (Å²) in [5, 5.41) is 12.7. The quantitative estimate of drug-likeness (QED) is 0.783. The van der Waals surface area contributed by atoms with Crippen LogP contribution < -0.4 is 5.32 Å². The van der Waals surface area contributed by atoms with Gasteiger partial charge in [0.05, 0.1) is 5.69 Å². The van der Waals surface area contributed by atoms with E-state index >= 15 is 0 Å². The van der Waals surface area contributed by atoms with Gasteiger partial charge in [0.1, 0.15) is 11.6 Å². The Kier molecular flexibility index (Phi) is 4.58. The van der Waals surface area contributed by atoms with Gasteiger partial charge in [0.15, 0.2) is 0 Å². The highest BCUT2D eigenvalue weighted by Gasteiger charge is 2.06. The normalized spacial score (nSPS) is 10.8. The molecule has 0 amide bonds. The highest BCUT2D eigenvalue weighted by molar-refractivity contribution is 5.26. The number of imidazole rings is 1. The maximum absolute atomic E-state index is 9.31. The lowest BCUT2D eigenvalue weighted by atomic mass is 10.2. The summed E-state index contributed by atoms with van der Waals surface area (Å²) >= 11 is 0. The maximum Gasteiger partial charge on any atom is 0.115 e. The minimum absolute atomic E-state index is 0.302. The Morgan fingerprint density at radius 3 is 2.68 bits per heavy atom. The molecule has 2 N–H and O–H groups in total. The van der Waals surface area contributed by atoms with Crippen molar-refractivity contribution in [2.24, 2.45) is 0 Å². The number of hydrogen-bond acceptors (Lipinski definition) is 3. The van der Waals surface area contributed by atoms with E-state index in [0.717, 1.165) is 37.4 Å². The molecule has 0 aliphatic heterocycles. The summed E-state index contributed by atoms with van der Waals surface area (Å²) in [6.45, 7) is 6.82. The van der Waals surface area contributed by atoms with Crippen molar-refractivity contribution in [2.75, 3.05) is 6.54 Å². The molecule has 0 atom stereocenters. The average molecular weight is 259 g/mol. The number of phenols is 1. The van der Waals surface area contributed by atoms with E-state index in [2.05, 4.69) is 21.8 Å². The van der Waals surface area contributed by atoms with E-state index in [0.29, 0.717) is 5.75 Å². The largest absolute Gasteiger partial charge is 0.508 e. The van der Waals surface area contributed by atoms with Gasteiger partial charge in [-0.05, 0) is 37.6 Å². The lowest BCUT2D eigenvalue weighted by molar-refractivity contribution is 0.475. The fourth-order valence-corrected chi connectivity index (χ4v) is 2.05. The molecule has 0 fully saturated rings. The van der Waals surface area contributed by atoms with Crippen LogP contribution in [0.2, 0.25) is 0 Å². The second-order valence-corrected chi connectivity index (χ2v) is 4.73. The number of aryl methyl sites for hydroxylation is 1. The zero-order valence-corrected chi connectivity index (χ0v) is 11.6. The Hall–Kier alpha value is -1.81. The van der Waals surface area contributed by atoms with E-state index in [1.54, 1.807) is 12.1 Å². The molecule has 2 aromatic rings. The van der Waals surface area contributed by atoms with Crippen LogP contribution in [0, 0.1) is 6.92 Å². The third kappa shape index (κ3) is 3.58. The summed E-state index contributed by atoms with van der Waals surface area (Å²) in [7, 11) is 0. The number of nitrogens with one attached hydrogen (secondary N) is 1. The summed E-state index contributed by atoms with van der Waals surface area (Å²) < 4.78 is 2.20. The summed E-state index contributed by atoms with van der Waals surface area (Å²) in [5.74, 6) is 1.32. The number of nitrogens with zero attached hydrogens (tertiary/aromatic N) is 2. The average Bonchev–Trinajstić information content (AvgIpc) is 2.74. The van der Waals surface area contributed by atoms with Gasteiger partial charge in [0, 0.05) is 19.3 Å². The van der Waals surface area contributed by atoms with E-state index < -0.39 is 0 Å². The van der Waals surface area contributed by atoms with Crippen molar-refractivity contribution in [3.8, 4) is 5.75 Å². The molecule has 2 rings (SSSR count). The second kappa shape index (κ2) is 6.38. The van der Waals surface area contributed by atoms with Crippen molar-refractivity contribution in [3.63, 3.8) is 0 Å². The van der Waals surface area contributed by atoms with Gasteiger partial charge in [0.25, 0.3) is 0 Å². The SMILES string of the molecule is CCCNCc1cnc(C)n1Cc1ccc(O)cc1. The summed E-state index contributed by atoms with van der Waals surface area (Å²) in [6, 6.07) is 7.32. The molecule has 1 aromatic carbocycles. The van der Waals surface area contributed by atoms with Gasteiger partial charge in [-0.1, -0.05) is 19.1 Å². The number of rotatable bonds is 6. The van der Waals surface area contributed by atoms with Gasteiger partial charge in [-0.2, -0.15) is 0 Å². The van der Waals surface area contributed by atoms with Crippen molar-refractivity contribution >= 4 is 0 Å². The smallest absolute Gasteiger partial charge is 0.115 e. The van der Waals surface area contributed by atoms with Crippen LogP contribution in [-0.2, 0) is 13.1 Å². The number of phenolic OH excluding ortho intramolecular Hbond substituents is 1. The van der Waals surface area contributed by atoms with E-state index in [1.807, 2.05) is 25.3 Å². The Morgan fingerprint density at radius 2 is 2.00 bits per heavy atom. The molecular weight excluding hydrogens is 238 g/mol. The molecule has 1 aromatic heterocycles. The minimum atomic E-state index is 0.302. The molecule has 0 saturated heterocycles. The first kappa shape index (κ1) is 13.6. The monoisotopic (exact) mass is 259 g/mol. The third-order valence-corrected chi connectivity index (χ3v) is 3.15. The predicted octanol–water partition coefficient (Wildman–Crippen LogP) is 2.45. The van der Waals surface area contributed by atoms with E-state index in [4.69, 9.17) is 0 Å². The van der Waals surface area contributed by atoms with Gasteiger partial charge in [-0.3, -0.25) is 0 Å². The predicted molar refractivity (Wildman–Crippen MR) is 76.2 cm³/mol. The first-order chi connectivity index (χ1) is 9.20. The topological polar surface area (TPSA) is 50.1 Å². The lowest BCUT2D eigenvalue weighted by Crippen LogP contribution is -2.17. The van der Waals surface area contributed by atoms with Crippen molar-refractivity contribution in [1.29, 1.82) is 0 Å². The Morgan fingerprint density at radius 1 is 1.26 bits per heavy atom. The summed E-state index contributed by atoms with van der Waals surface area (Å²) in [5.41, 5.74) is 2.36.